The molecule has 0 aromatic carbocycles. The van der Waals surface area contributed by atoms with Crippen LogP contribution in [-0.4, -0.2) is 72.9 Å². The molecular weight excluding hydrogens is 332 g/mol. The number of likely N-dealkylation sites (tertiary alicyclic amines) is 1. The maximum absolute atomic E-state index is 12.2. The van der Waals surface area contributed by atoms with Crippen LogP contribution in [0.4, 0.5) is 5.82 Å². The molecule has 1 aromatic heterocycles. The Morgan fingerprint density at radius 2 is 1.92 bits per heavy atom. The molecule has 0 saturated carbocycles. The number of rotatable bonds is 5. The average Bonchev–Trinajstić information content (AvgIpc) is 2.66. The van der Waals surface area contributed by atoms with Crippen LogP contribution < -0.4 is 4.90 Å². The molecule has 0 aliphatic carbocycles. The van der Waals surface area contributed by atoms with Crippen molar-refractivity contribution in [2.45, 2.75) is 45.6 Å². The van der Waals surface area contributed by atoms with Gasteiger partial charge in [0.2, 0.25) is 5.91 Å². The lowest BCUT2D eigenvalue weighted by Crippen LogP contribution is -2.40. The topological polar surface area (TPSA) is 67.8 Å². The van der Waals surface area contributed by atoms with Crippen LogP contribution in [0.25, 0.3) is 0 Å². The molecule has 0 N–H and O–H groups in total. The standard InChI is InChI=1S/C19H30N4O3/c1-14(2)26-13-19(24)23-6-4-16(5-7-23)17-12-18(21-15(3)20-17)22-8-10-25-11-9-22/h12,14,16H,4-11,13H2,1-3H3. The van der Waals surface area contributed by atoms with Gasteiger partial charge in [-0.15, -0.1) is 0 Å². The molecule has 1 amide bonds. The number of nitrogens with zero attached hydrogens (tertiary/aromatic N) is 4. The van der Waals surface area contributed by atoms with E-state index in [1.165, 1.54) is 0 Å². The lowest BCUT2D eigenvalue weighted by Gasteiger charge is -2.33. The normalized spacial score (nSPS) is 19.2. The molecule has 7 nitrogen and oxygen atoms in total. The van der Waals surface area contributed by atoms with Gasteiger partial charge < -0.3 is 19.3 Å². The van der Waals surface area contributed by atoms with Crippen LogP contribution >= 0.6 is 0 Å². The highest BCUT2D eigenvalue weighted by Gasteiger charge is 2.26. The summed E-state index contributed by atoms with van der Waals surface area (Å²) in [6.45, 7) is 10.8. The van der Waals surface area contributed by atoms with Crippen molar-refractivity contribution in [2.24, 2.45) is 0 Å². The molecular formula is C19H30N4O3. The van der Waals surface area contributed by atoms with Crippen molar-refractivity contribution in [1.82, 2.24) is 14.9 Å². The second-order valence-corrected chi connectivity index (χ2v) is 7.31. The lowest BCUT2D eigenvalue weighted by molar-refractivity contribution is -0.138. The van der Waals surface area contributed by atoms with Crippen LogP contribution in [0.5, 0.6) is 0 Å². The third-order valence-corrected chi connectivity index (χ3v) is 4.99. The number of hydrogen-bond donors (Lipinski definition) is 0. The average molecular weight is 362 g/mol. The molecule has 2 aliphatic heterocycles. The van der Waals surface area contributed by atoms with Crippen LogP contribution in [-0.2, 0) is 14.3 Å². The van der Waals surface area contributed by atoms with Crippen molar-refractivity contribution in [2.75, 3.05) is 50.9 Å². The van der Waals surface area contributed by atoms with E-state index in [1.54, 1.807) is 0 Å². The first kappa shape index (κ1) is 19.0. The number of hydrogen-bond acceptors (Lipinski definition) is 6. The summed E-state index contributed by atoms with van der Waals surface area (Å²) in [5, 5.41) is 0. The Labute approximate surface area is 155 Å². The van der Waals surface area contributed by atoms with Crippen LogP contribution in [0.3, 0.4) is 0 Å². The Morgan fingerprint density at radius 1 is 1.23 bits per heavy atom. The molecule has 7 heteroatoms. The Hall–Kier alpha value is -1.73. The van der Waals surface area contributed by atoms with E-state index in [4.69, 9.17) is 9.47 Å². The Balaban J connectivity index is 1.60. The highest BCUT2D eigenvalue weighted by Crippen LogP contribution is 2.29. The second kappa shape index (κ2) is 8.77. The minimum Gasteiger partial charge on any atom is -0.378 e. The molecule has 3 rings (SSSR count). The van der Waals surface area contributed by atoms with E-state index in [0.29, 0.717) is 5.92 Å². The van der Waals surface area contributed by atoms with Crippen LogP contribution in [0.15, 0.2) is 6.07 Å². The van der Waals surface area contributed by atoms with Gasteiger partial charge >= 0.3 is 0 Å². The number of carbonyl (C=O) groups is 1. The van der Waals surface area contributed by atoms with Gasteiger partial charge in [-0.3, -0.25) is 4.79 Å². The number of amides is 1. The van der Waals surface area contributed by atoms with Gasteiger partial charge in [0, 0.05) is 43.9 Å². The zero-order valence-electron chi connectivity index (χ0n) is 16.1. The van der Waals surface area contributed by atoms with Gasteiger partial charge in [0.1, 0.15) is 18.2 Å². The summed E-state index contributed by atoms with van der Waals surface area (Å²) in [5.41, 5.74) is 1.10. The van der Waals surface area contributed by atoms with Crippen LogP contribution in [0, 0.1) is 6.92 Å². The monoisotopic (exact) mass is 362 g/mol. The first-order valence-electron chi connectivity index (χ1n) is 9.60. The largest absolute Gasteiger partial charge is 0.378 e. The molecule has 0 radical (unpaired) electrons. The molecule has 2 saturated heterocycles. The summed E-state index contributed by atoms with van der Waals surface area (Å²) in [7, 11) is 0. The zero-order chi connectivity index (χ0) is 18.5. The fraction of sp³-hybridized carbons (Fsp3) is 0.737. The molecule has 144 valence electrons. The third kappa shape index (κ3) is 4.92. The number of carbonyl (C=O) groups excluding carboxylic acids is 1. The number of aryl methyl sites for hydroxylation is 1. The fourth-order valence-electron chi connectivity index (χ4n) is 3.49. The predicted molar refractivity (Wildman–Crippen MR) is 99.4 cm³/mol. The fourth-order valence-corrected chi connectivity index (χ4v) is 3.49. The summed E-state index contributed by atoms with van der Waals surface area (Å²) in [6.07, 6.45) is 1.96. The maximum Gasteiger partial charge on any atom is 0.248 e. The SMILES string of the molecule is Cc1nc(C2CCN(C(=O)COC(C)C)CC2)cc(N2CCOCC2)n1. The third-order valence-electron chi connectivity index (χ3n) is 4.99. The van der Waals surface area contributed by atoms with Crippen molar-refractivity contribution in [1.29, 1.82) is 0 Å². The number of morpholine rings is 1. The highest BCUT2D eigenvalue weighted by molar-refractivity contribution is 5.77. The first-order chi connectivity index (χ1) is 12.5. The van der Waals surface area contributed by atoms with Gasteiger partial charge in [-0.05, 0) is 33.6 Å². The Bertz CT molecular complexity index is 609. The van der Waals surface area contributed by atoms with Crippen molar-refractivity contribution < 1.29 is 14.3 Å². The number of piperidine rings is 1. The Kier molecular flexibility index (Phi) is 6.43. The summed E-state index contributed by atoms with van der Waals surface area (Å²) >= 11 is 0. The molecule has 0 spiro atoms. The molecule has 1 aromatic rings. The minimum absolute atomic E-state index is 0.0825. The minimum atomic E-state index is 0.0825. The van der Waals surface area contributed by atoms with Crippen molar-refractivity contribution in [3.8, 4) is 0 Å². The Morgan fingerprint density at radius 3 is 2.58 bits per heavy atom. The molecule has 3 heterocycles. The van der Waals surface area contributed by atoms with Gasteiger partial charge in [-0.1, -0.05) is 0 Å². The number of ether oxygens (including phenoxy) is 2. The highest BCUT2D eigenvalue weighted by atomic mass is 16.5. The van der Waals surface area contributed by atoms with Gasteiger partial charge in [-0.25, -0.2) is 9.97 Å². The zero-order valence-corrected chi connectivity index (χ0v) is 16.1. The summed E-state index contributed by atoms with van der Waals surface area (Å²) in [4.78, 5) is 25.7. The van der Waals surface area contributed by atoms with E-state index in [1.807, 2.05) is 25.7 Å². The van der Waals surface area contributed by atoms with Crippen molar-refractivity contribution >= 4 is 11.7 Å². The molecule has 2 aliphatic rings. The van der Waals surface area contributed by atoms with Crippen molar-refractivity contribution in [3.63, 3.8) is 0 Å². The quantitative estimate of drug-likeness (QED) is 0.795. The van der Waals surface area contributed by atoms with E-state index in [9.17, 15) is 4.79 Å². The van der Waals surface area contributed by atoms with Crippen LogP contribution in [0.1, 0.15) is 44.1 Å². The van der Waals surface area contributed by atoms with E-state index in [-0.39, 0.29) is 18.6 Å². The maximum atomic E-state index is 12.2. The van der Waals surface area contributed by atoms with E-state index in [2.05, 4.69) is 20.9 Å². The molecule has 0 atom stereocenters. The first-order valence-corrected chi connectivity index (χ1v) is 9.60. The summed E-state index contributed by atoms with van der Waals surface area (Å²) < 4.78 is 10.9. The van der Waals surface area contributed by atoms with Gasteiger partial charge in [0.05, 0.1) is 19.3 Å². The van der Waals surface area contributed by atoms with Gasteiger partial charge in [0.25, 0.3) is 0 Å². The molecule has 0 bridgehead atoms. The summed E-state index contributed by atoms with van der Waals surface area (Å²) in [5.74, 6) is 2.28. The molecule has 0 unspecified atom stereocenters. The van der Waals surface area contributed by atoms with Gasteiger partial charge in [0.15, 0.2) is 0 Å². The molecule has 26 heavy (non-hydrogen) atoms. The smallest absolute Gasteiger partial charge is 0.248 e. The van der Waals surface area contributed by atoms with E-state index < -0.39 is 0 Å². The van der Waals surface area contributed by atoms with Crippen molar-refractivity contribution in [3.05, 3.63) is 17.6 Å². The van der Waals surface area contributed by atoms with Gasteiger partial charge in [-0.2, -0.15) is 0 Å². The summed E-state index contributed by atoms with van der Waals surface area (Å²) in [6, 6.07) is 2.13. The van der Waals surface area contributed by atoms with E-state index >= 15 is 0 Å². The van der Waals surface area contributed by atoms with E-state index in [0.717, 1.165) is 69.6 Å². The predicted octanol–water partition coefficient (Wildman–Crippen LogP) is 1.75. The number of aromatic nitrogens is 2. The number of anilines is 1. The van der Waals surface area contributed by atoms with Crippen LogP contribution in [0.2, 0.25) is 0 Å². The lowest BCUT2D eigenvalue weighted by atomic mass is 9.93. The second-order valence-electron chi connectivity index (χ2n) is 7.31. The molecule has 2 fully saturated rings.